The number of benzene rings is 2. The molecule has 0 bridgehead atoms. The molecule has 1 aromatic heterocycles. The fraction of sp³-hybridized carbons (Fsp3) is 0.250. The van der Waals surface area contributed by atoms with Gasteiger partial charge in [-0.05, 0) is 31.2 Å². The first-order valence-electron chi connectivity index (χ1n) is 9.09. The number of ether oxygens (including phenoxy) is 1. The number of amides is 1. The summed E-state index contributed by atoms with van der Waals surface area (Å²) >= 11 is 0. The average Bonchev–Trinajstić information content (AvgIpc) is 3.21. The third-order valence-electron chi connectivity index (χ3n) is 4.33. The fourth-order valence-electron chi connectivity index (χ4n) is 2.88. The molecule has 30 heavy (non-hydrogen) atoms. The van der Waals surface area contributed by atoms with Crippen LogP contribution in [-0.2, 0) is 21.4 Å². The SMILES string of the molecule is COc1ccc(N([C@H](C)C(=O)NCc2nc(-c3ccccc3)no2)S(C)(=O)=O)cc1. The summed E-state index contributed by atoms with van der Waals surface area (Å²) in [6.07, 6.45) is 1.05. The van der Waals surface area contributed by atoms with Crippen molar-refractivity contribution < 1.29 is 22.5 Å². The summed E-state index contributed by atoms with van der Waals surface area (Å²) in [4.78, 5) is 16.9. The largest absolute Gasteiger partial charge is 0.497 e. The molecule has 0 saturated carbocycles. The number of nitrogens with zero attached hydrogens (tertiary/aromatic N) is 3. The molecule has 3 rings (SSSR count). The summed E-state index contributed by atoms with van der Waals surface area (Å²) < 4.78 is 36.0. The molecule has 0 aliphatic carbocycles. The number of sulfonamides is 1. The molecule has 1 amide bonds. The molecular weight excluding hydrogens is 408 g/mol. The summed E-state index contributed by atoms with van der Waals surface area (Å²) in [7, 11) is -2.20. The van der Waals surface area contributed by atoms with Gasteiger partial charge in [0, 0.05) is 5.56 Å². The third-order valence-corrected chi connectivity index (χ3v) is 5.57. The monoisotopic (exact) mass is 430 g/mol. The number of hydrogen-bond acceptors (Lipinski definition) is 7. The highest BCUT2D eigenvalue weighted by atomic mass is 32.2. The minimum Gasteiger partial charge on any atom is -0.497 e. The fourth-order valence-corrected chi connectivity index (χ4v) is 4.05. The number of hydrogen-bond donors (Lipinski definition) is 1. The van der Waals surface area contributed by atoms with E-state index in [4.69, 9.17) is 9.26 Å². The summed E-state index contributed by atoms with van der Waals surface area (Å²) in [5.41, 5.74) is 1.14. The number of aromatic nitrogens is 2. The topological polar surface area (TPSA) is 115 Å². The zero-order chi connectivity index (χ0) is 21.7. The van der Waals surface area contributed by atoms with Gasteiger partial charge in [0.05, 0.1) is 25.6 Å². The first kappa shape index (κ1) is 21.3. The summed E-state index contributed by atoms with van der Waals surface area (Å²) in [6, 6.07) is 14.7. The van der Waals surface area contributed by atoms with Gasteiger partial charge in [-0.15, -0.1) is 0 Å². The maximum absolute atomic E-state index is 12.6. The van der Waals surface area contributed by atoms with Crippen molar-refractivity contribution in [2.24, 2.45) is 0 Å². The van der Waals surface area contributed by atoms with Crippen LogP contribution in [0, 0.1) is 0 Å². The Kier molecular flexibility index (Phi) is 6.36. The number of anilines is 1. The van der Waals surface area contributed by atoms with Crippen molar-refractivity contribution in [2.75, 3.05) is 17.7 Å². The number of carbonyl (C=O) groups is 1. The molecule has 9 nitrogen and oxygen atoms in total. The molecule has 0 aliphatic rings. The second-order valence-corrected chi connectivity index (χ2v) is 8.39. The molecule has 0 spiro atoms. The Morgan fingerprint density at radius 2 is 1.83 bits per heavy atom. The molecule has 10 heteroatoms. The van der Waals surface area contributed by atoms with Crippen molar-refractivity contribution in [3.05, 3.63) is 60.5 Å². The van der Waals surface area contributed by atoms with Gasteiger partial charge in [-0.3, -0.25) is 9.10 Å². The molecule has 0 radical (unpaired) electrons. The highest BCUT2D eigenvalue weighted by Gasteiger charge is 2.29. The van der Waals surface area contributed by atoms with Gasteiger partial charge in [0.1, 0.15) is 11.8 Å². The van der Waals surface area contributed by atoms with Crippen LogP contribution in [0.15, 0.2) is 59.1 Å². The van der Waals surface area contributed by atoms with Gasteiger partial charge in [-0.25, -0.2) is 8.42 Å². The van der Waals surface area contributed by atoms with Crippen LogP contribution in [0.25, 0.3) is 11.4 Å². The molecule has 1 atom stereocenters. The van der Waals surface area contributed by atoms with Gasteiger partial charge in [0.2, 0.25) is 27.6 Å². The van der Waals surface area contributed by atoms with Crippen LogP contribution in [0.5, 0.6) is 5.75 Å². The quantitative estimate of drug-likeness (QED) is 0.583. The maximum Gasteiger partial charge on any atom is 0.246 e. The van der Waals surface area contributed by atoms with Crippen LogP contribution in [0.2, 0.25) is 0 Å². The smallest absolute Gasteiger partial charge is 0.246 e. The molecule has 0 fully saturated rings. The molecule has 0 aliphatic heterocycles. The van der Waals surface area contributed by atoms with E-state index in [0.29, 0.717) is 17.3 Å². The zero-order valence-electron chi connectivity index (χ0n) is 16.8. The number of nitrogens with one attached hydrogen (secondary N) is 1. The van der Waals surface area contributed by atoms with E-state index in [2.05, 4.69) is 15.5 Å². The Morgan fingerprint density at radius 1 is 1.17 bits per heavy atom. The van der Waals surface area contributed by atoms with Crippen LogP contribution in [0.4, 0.5) is 5.69 Å². The van der Waals surface area contributed by atoms with Crippen molar-refractivity contribution in [2.45, 2.75) is 19.5 Å². The van der Waals surface area contributed by atoms with Gasteiger partial charge in [-0.1, -0.05) is 35.5 Å². The third kappa shape index (κ3) is 4.95. The van der Waals surface area contributed by atoms with Gasteiger partial charge >= 0.3 is 0 Å². The van der Waals surface area contributed by atoms with Crippen LogP contribution in [0.3, 0.4) is 0 Å². The lowest BCUT2D eigenvalue weighted by molar-refractivity contribution is -0.122. The van der Waals surface area contributed by atoms with Gasteiger partial charge in [-0.2, -0.15) is 4.98 Å². The minimum absolute atomic E-state index is 0.0246. The summed E-state index contributed by atoms with van der Waals surface area (Å²) in [6.45, 7) is 1.48. The molecule has 0 unspecified atom stereocenters. The first-order chi connectivity index (χ1) is 14.3. The van der Waals surface area contributed by atoms with E-state index >= 15 is 0 Å². The Hall–Kier alpha value is -3.40. The van der Waals surface area contributed by atoms with Crippen molar-refractivity contribution >= 4 is 21.6 Å². The number of rotatable bonds is 8. The van der Waals surface area contributed by atoms with E-state index in [1.165, 1.54) is 14.0 Å². The molecule has 3 aromatic rings. The number of carbonyl (C=O) groups excluding carboxylic acids is 1. The summed E-state index contributed by atoms with van der Waals surface area (Å²) in [5.74, 6) is 0.694. The number of methoxy groups -OCH3 is 1. The van der Waals surface area contributed by atoms with Crippen LogP contribution < -0.4 is 14.4 Å². The van der Waals surface area contributed by atoms with Gasteiger partial charge < -0.3 is 14.6 Å². The highest BCUT2D eigenvalue weighted by Crippen LogP contribution is 2.24. The zero-order valence-corrected chi connectivity index (χ0v) is 17.6. The Bertz CT molecular complexity index is 1100. The average molecular weight is 430 g/mol. The second kappa shape index (κ2) is 8.95. The van der Waals surface area contributed by atoms with Gasteiger partial charge in [0.15, 0.2) is 0 Å². The molecule has 1 N–H and O–H groups in total. The maximum atomic E-state index is 12.6. The van der Waals surface area contributed by atoms with E-state index < -0.39 is 22.0 Å². The van der Waals surface area contributed by atoms with Crippen molar-refractivity contribution in [3.8, 4) is 17.1 Å². The van der Waals surface area contributed by atoms with Crippen molar-refractivity contribution in [1.82, 2.24) is 15.5 Å². The van der Waals surface area contributed by atoms with E-state index in [-0.39, 0.29) is 12.4 Å². The van der Waals surface area contributed by atoms with E-state index in [1.807, 2.05) is 30.3 Å². The second-order valence-electron chi connectivity index (χ2n) is 6.53. The van der Waals surface area contributed by atoms with Gasteiger partial charge in [0.25, 0.3) is 0 Å². The van der Waals surface area contributed by atoms with Crippen LogP contribution in [0.1, 0.15) is 12.8 Å². The predicted molar refractivity (Wildman–Crippen MR) is 111 cm³/mol. The molecule has 1 heterocycles. The van der Waals surface area contributed by atoms with Crippen molar-refractivity contribution in [1.29, 1.82) is 0 Å². The standard InChI is InChI=1S/C20H22N4O5S/c1-14(24(30(3,26)27)16-9-11-17(28-2)12-10-16)20(25)21-13-18-22-19(23-29-18)15-7-5-4-6-8-15/h4-12,14H,13H2,1-3H3,(H,21,25)/t14-/m1/s1. The minimum atomic E-state index is -3.72. The molecular formula is C20H22N4O5S. The lowest BCUT2D eigenvalue weighted by Crippen LogP contribution is -2.47. The van der Waals surface area contributed by atoms with E-state index in [9.17, 15) is 13.2 Å². The van der Waals surface area contributed by atoms with Crippen molar-refractivity contribution in [3.63, 3.8) is 0 Å². The summed E-state index contributed by atoms with van der Waals surface area (Å²) in [5, 5.41) is 6.53. The normalized spacial score (nSPS) is 12.2. The Balaban J connectivity index is 1.70. The van der Waals surface area contributed by atoms with Crippen LogP contribution >= 0.6 is 0 Å². The molecule has 158 valence electrons. The Morgan fingerprint density at radius 3 is 2.43 bits per heavy atom. The van der Waals surface area contributed by atoms with E-state index in [1.54, 1.807) is 24.3 Å². The molecule has 2 aromatic carbocycles. The van der Waals surface area contributed by atoms with Crippen LogP contribution in [-0.4, -0.2) is 43.9 Å². The predicted octanol–water partition coefficient (Wildman–Crippen LogP) is 2.22. The lowest BCUT2D eigenvalue weighted by atomic mass is 10.2. The highest BCUT2D eigenvalue weighted by molar-refractivity contribution is 7.92. The molecule has 0 saturated heterocycles. The Labute approximate surface area is 174 Å². The van der Waals surface area contributed by atoms with E-state index in [0.717, 1.165) is 16.1 Å². The first-order valence-corrected chi connectivity index (χ1v) is 10.9. The lowest BCUT2D eigenvalue weighted by Gasteiger charge is -2.28.